The fraction of sp³-hybridized carbons (Fsp3) is 0.400. The maximum atomic E-state index is 11.7. The average molecular weight is 303 g/mol. The van der Waals surface area contributed by atoms with E-state index in [9.17, 15) is 4.79 Å². The lowest BCUT2D eigenvalue weighted by Gasteiger charge is -2.30. The molecule has 5 nitrogen and oxygen atoms in total. The second kappa shape index (κ2) is 6.22. The maximum Gasteiger partial charge on any atom is 0.310 e. The average Bonchev–Trinajstić information content (AvgIpc) is 3.05. The zero-order chi connectivity index (χ0) is 14.7. The molecule has 1 atom stereocenters. The summed E-state index contributed by atoms with van der Waals surface area (Å²) in [7, 11) is 1.44. The van der Waals surface area contributed by atoms with Crippen molar-refractivity contribution in [3.63, 3.8) is 0 Å². The molecule has 1 aliphatic heterocycles. The molecule has 2 aromatic rings. The Bertz CT molecular complexity index is 614. The summed E-state index contributed by atoms with van der Waals surface area (Å²) < 4.78 is 9.27. The van der Waals surface area contributed by atoms with E-state index in [1.165, 1.54) is 18.6 Å². The maximum absolute atomic E-state index is 11.7. The van der Waals surface area contributed by atoms with E-state index in [4.69, 9.17) is 4.74 Å². The number of benzene rings is 1. The molecule has 0 bridgehead atoms. The smallest absolute Gasteiger partial charge is 0.310 e. The minimum Gasteiger partial charge on any atom is -0.469 e. The van der Waals surface area contributed by atoms with Crippen LogP contribution >= 0.6 is 11.5 Å². The molecule has 0 aliphatic carbocycles. The number of aromatic nitrogens is 2. The number of hydrogen-bond donors (Lipinski definition) is 0. The number of esters is 1. The van der Waals surface area contributed by atoms with Crippen molar-refractivity contribution in [1.82, 2.24) is 9.36 Å². The Morgan fingerprint density at radius 1 is 1.38 bits per heavy atom. The van der Waals surface area contributed by atoms with Crippen molar-refractivity contribution < 1.29 is 9.53 Å². The van der Waals surface area contributed by atoms with Gasteiger partial charge in [-0.15, -0.1) is 0 Å². The topological polar surface area (TPSA) is 55.3 Å². The van der Waals surface area contributed by atoms with Crippen molar-refractivity contribution in [1.29, 1.82) is 0 Å². The lowest BCUT2D eigenvalue weighted by Crippen LogP contribution is -2.39. The summed E-state index contributed by atoms with van der Waals surface area (Å²) in [5.74, 6) is 0.552. The first-order chi connectivity index (χ1) is 10.3. The van der Waals surface area contributed by atoms with Crippen LogP contribution in [-0.4, -0.2) is 35.5 Å². The van der Waals surface area contributed by atoms with Gasteiger partial charge < -0.3 is 9.64 Å². The number of nitrogens with zero attached hydrogens (tertiary/aromatic N) is 3. The quantitative estimate of drug-likeness (QED) is 0.816. The first-order valence-electron chi connectivity index (χ1n) is 7.00. The molecule has 2 heterocycles. The summed E-state index contributed by atoms with van der Waals surface area (Å²) in [6.07, 6.45) is 1.85. The molecule has 1 aromatic heterocycles. The second-order valence-electron chi connectivity index (χ2n) is 5.07. The minimum absolute atomic E-state index is 0.0622. The van der Waals surface area contributed by atoms with Crippen LogP contribution in [0.25, 0.3) is 11.4 Å². The minimum atomic E-state index is -0.132. The molecule has 0 N–H and O–H groups in total. The molecule has 0 radical (unpaired) electrons. The number of rotatable bonds is 3. The molecule has 21 heavy (non-hydrogen) atoms. The summed E-state index contributed by atoms with van der Waals surface area (Å²) in [6, 6.07) is 9.93. The predicted octanol–water partition coefficient (Wildman–Crippen LogP) is 2.59. The van der Waals surface area contributed by atoms with E-state index in [1.54, 1.807) is 0 Å². The number of hydrogen-bond acceptors (Lipinski definition) is 6. The molecule has 3 rings (SSSR count). The number of methoxy groups -OCH3 is 1. The van der Waals surface area contributed by atoms with Crippen molar-refractivity contribution in [2.45, 2.75) is 12.8 Å². The van der Waals surface area contributed by atoms with Crippen LogP contribution in [0.15, 0.2) is 30.3 Å². The highest BCUT2D eigenvalue weighted by atomic mass is 32.1. The highest BCUT2D eigenvalue weighted by Gasteiger charge is 2.28. The van der Waals surface area contributed by atoms with Crippen LogP contribution in [0.2, 0.25) is 0 Å². The monoisotopic (exact) mass is 303 g/mol. The zero-order valence-corrected chi connectivity index (χ0v) is 12.7. The Kier molecular flexibility index (Phi) is 4.15. The van der Waals surface area contributed by atoms with Gasteiger partial charge in [0.2, 0.25) is 5.13 Å². The van der Waals surface area contributed by atoms with Crippen LogP contribution in [0.3, 0.4) is 0 Å². The second-order valence-corrected chi connectivity index (χ2v) is 5.81. The van der Waals surface area contributed by atoms with Crippen LogP contribution in [0.4, 0.5) is 5.13 Å². The Labute approximate surface area is 127 Å². The van der Waals surface area contributed by atoms with Crippen molar-refractivity contribution in [2.75, 3.05) is 25.1 Å². The SMILES string of the molecule is COC(=O)[C@H]1CCCN(c2nc(-c3ccccc3)ns2)C1. The summed E-state index contributed by atoms with van der Waals surface area (Å²) >= 11 is 1.38. The fourth-order valence-corrected chi connectivity index (χ4v) is 3.28. The first kappa shape index (κ1) is 14.0. The molecule has 110 valence electrons. The van der Waals surface area contributed by atoms with E-state index in [2.05, 4.69) is 14.3 Å². The molecule has 1 aromatic carbocycles. The summed E-state index contributed by atoms with van der Waals surface area (Å²) in [5, 5.41) is 0.877. The van der Waals surface area contributed by atoms with Crippen molar-refractivity contribution in [2.24, 2.45) is 5.92 Å². The summed E-state index contributed by atoms with van der Waals surface area (Å²) in [6.45, 7) is 1.58. The third-order valence-corrected chi connectivity index (χ3v) is 4.45. The van der Waals surface area contributed by atoms with Crippen LogP contribution in [0.5, 0.6) is 0 Å². The Morgan fingerprint density at radius 2 is 2.19 bits per heavy atom. The van der Waals surface area contributed by atoms with Crippen molar-refractivity contribution >= 4 is 22.6 Å². The Morgan fingerprint density at radius 3 is 2.95 bits per heavy atom. The molecular weight excluding hydrogens is 286 g/mol. The van der Waals surface area contributed by atoms with Crippen molar-refractivity contribution in [3.8, 4) is 11.4 Å². The normalized spacial score (nSPS) is 18.5. The highest BCUT2D eigenvalue weighted by molar-refractivity contribution is 7.09. The predicted molar refractivity (Wildman–Crippen MR) is 82.3 cm³/mol. The lowest BCUT2D eigenvalue weighted by molar-refractivity contribution is -0.145. The number of ether oxygens (including phenoxy) is 1. The highest BCUT2D eigenvalue weighted by Crippen LogP contribution is 2.28. The van der Waals surface area contributed by atoms with Crippen LogP contribution < -0.4 is 4.90 Å². The lowest BCUT2D eigenvalue weighted by atomic mass is 9.99. The van der Waals surface area contributed by atoms with Gasteiger partial charge in [-0.25, -0.2) is 0 Å². The van der Waals surface area contributed by atoms with Crippen LogP contribution in [0.1, 0.15) is 12.8 Å². The molecular formula is C15H17N3O2S. The fourth-order valence-electron chi connectivity index (χ4n) is 2.56. The van der Waals surface area contributed by atoms with Gasteiger partial charge in [0.25, 0.3) is 0 Å². The van der Waals surface area contributed by atoms with Gasteiger partial charge >= 0.3 is 5.97 Å². The van der Waals surface area contributed by atoms with Gasteiger partial charge in [0.05, 0.1) is 13.0 Å². The van der Waals surface area contributed by atoms with Crippen LogP contribution in [0, 0.1) is 5.92 Å². The van der Waals surface area contributed by atoms with E-state index in [0.717, 1.165) is 35.9 Å². The molecule has 1 aliphatic rings. The standard InChI is InChI=1S/C15H17N3O2S/c1-20-14(19)12-8-5-9-18(10-12)15-16-13(17-21-15)11-6-3-2-4-7-11/h2-4,6-7,12H,5,8-10H2,1H3/t12-/m0/s1. The molecule has 6 heteroatoms. The van der Waals surface area contributed by atoms with Crippen LogP contribution in [-0.2, 0) is 9.53 Å². The molecule has 1 saturated heterocycles. The summed E-state index contributed by atoms with van der Waals surface area (Å²) in [4.78, 5) is 18.4. The van der Waals surface area contributed by atoms with Gasteiger partial charge in [0.15, 0.2) is 5.82 Å². The summed E-state index contributed by atoms with van der Waals surface area (Å²) in [5.41, 5.74) is 1.02. The first-order valence-corrected chi connectivity index (χ1v) is 7.77. The van der Waals surface area contributed by atoms with Gasteiger partial charge in [0, 0.05) is 30.2 Å². The molecule has 0 spiro atoms. The molecule has 0 saturated carbocycles. The molecule has 1 fully saturated rings. The number of anilines is 1. The molecule has 0 amide bonds. The van der Waals surface area contributed by atoms with Gasteiger partial charge in [-0.3, -0.25) is 4.79 Å². The van der Waals surface area contributed by atoms with E-state index < -0.39 is 0 Å². The van der Waals surface area contributed by atoms with Gasteiger partial charge in [-0.05, 0) is 12.8 Å². The van der Waals surface area contributed by atoms with E-state index in [1.807, 2.05) is 30.3 Å². The van der Waals surface area contributed by atoms with E-state index in [0.29, 0.717) is 6.54 Å². The van der Waals surface area contributed by atoms with Gasteiger partial charge in [-0.1, -0.05) is 30.3 Å². The number of carbonyl (C=O) groups is 1. The van der Waals surface area contributed by atoms with Gasteiger partial charge in [-0.2, -0.15) is 9.36 Å². The Balaban J connectivity index is 1.75. The van der Waals surface area contributed by atoms with E-state index >= 15 is 0 Å². The number of piperidine rings is 1. The van der Waals surface area contributed by atoms with Gasteiger partial charge in [0.1, 0.15) is 0 Å². The van der Waals surface area contributed by atoms with E-state index in [-0.39, 0.29) is 11.9 Å². The third kappa shape index (κ3) is 3.05. The van der Waals surface area contributed by atoms with Crippen molar-refractivity contribution in [3.05, 3.63) is 30.3 Å². The Hall–Kier alpha value is -1.95. The largest absolute Gasteiger partial charge is 0.469 e. The molecule has 0 unspecified atom stereocenters. The third-order valence-electron chi connectivity index (χ3n) is 3.67. The zero-order valence-electron chi connectivity index (χ0n) is 11.9. The number of carbonyl (C=O) groups excluding carboxylic acids is 1.